The highest BCUT2D eigenvalue weighted by Crippen LogP contribution is 2.58. The van der Waals surface area contributed by atoms with E-state index in [0.29, 0.717) is 5.92 Å². The van der Waals surface area contributed by atoms with Crippen molar-refractivity contribution in [3.05, 3.63) is 35.9 Å². The Morgan fingerprint density at radius 3 is 2.79 bits per heavy atom. The SMILES string of the molecule is N#C[C@@]12C[C@@H]1CN=C2c1ccccc1. The molecule has 0 bridgehead atoms. The molecule has 1 aliphatic heterocycles. The minimum Gasteiger partial charge on any atom is -0.287 e. The Bertz CT molecular complexity index is 441. The van der Waals surface area contributed by atoms with Gasteiger partial charge in [0.25, 0.3) is 0 Å². The van der Waals surface area contributed by atoms with Gasteiger partial charge in [0.05, 0.1) is 11.8 Å². The average Bonchev–Trinajstić information content (AvgIpc) is 2.87. The van der Waals surface area contributed by atoms with Gasteiger partial charge in [-0.25, -0.2) is 0 Å². The predicted molar refractivity (Wildman–Crippen MR) is 54.0 cm³/mol. The Hall–Kier alpha value is -1.62. The summed E-state index contributed by atoms with van der Waals surface area (Å²) in [5.41, 5.74) is 1.92. The topological polar surface area (TPSA) is 36.1 Å². The third-order valence-electron chi connectivity index (χ3n) is 3.24. The van der Waals surface area contributed by atoms with Crippen molar-refractivity contribution in [3.8, 4) is 6.07 Å². The number of nitriles is 1. The van der Waals surface area contributed by atoms with Gasteiger partial charge < -0.3 is 0 Å². The smallest absolute Gasteiger partial charge is 0.104 e. The van der Waals surface area contributed by atoms with E-state index in [1.165, 1.54) is 0 Å². The minimum absolute atomic E-state index is 0.221. The summed E-state index contributed by atoms with van der Waals surface area (Å²) in [7, 11) is 0. The van der Waals surface area contributed by atoms with E-state index in [1.807, 2.05) is 30.3 Å². The summed E-state index contributed by atoms with van der Waals surface area (Å²) in [4.78, 5) is 4.47. The lowest BCUT2D eigenvalue weighted by Crippen LogP contribution is -2.13. The van der Waals surface area contributed by atoms with Crippen molar-refractivity contribution in [1.82, 2.24) is 0 Å². The van der Waals surface area contributed by atoms with Crippen molar-refractivity contribution >= 4 is 5.71 Å². The third-order valence-corrected chi connectivity index (χ3v) is 3.24. The van der Waals surface area contributed by atoms with Crippen LogP contribution in [0, 0.1) is 22.7 Å². The summed E-state index contributed by atoms with van der Waals surface area (Å²) in [6.07, 6.45) is 1.01. The van der Waals surface area contributed by atoms with Gasteiger partial charge in [0.15, 0.2) is 0 Å². The molecule has 1 saturated carbocycles. The molecule has 68 valence electrons. The van der Waals surface area contributed by atoms with Crippen LogP contribution in [0.2, 0.25) is 0 Å². The van der Waals surface area contributed by atoms with E-state index in [0.717, 1.165) is 24.2 Å². The molecule has 2 atom stereocenters. The lowest BCUT2D eigenvalue weighted by molar-refractivity contribution is 0.802. The van der Waals surface area contributed by atoms with Crippen molar-refractivity contribution in [2.24, 2.45) is 16.3 Å². The van der Waals surface area contributed by atoms with Gasteiger partial charge in [0.2, 0.25) is 0 Å². The van der Waals surface area contributed by atoms with Crippen LogP contribution in [0.15, 0.2) is 35.3 Å². The van der Waals surface area contributed by atoms with Crippen molar-refractivity contribution < 1.29 is 0 Å². The van der Waals surface area contributed by atoms with Gasteiger partial charge in [-0.1, -0.05) is 30.3 Å². The highest BCUT2D eigenvalue weighted by molar-refractivity contribution is 6.10. The summed E-state index contributed by atoms with van der Waals surface area (Å²) in [5.74, 6) is 0.503. The minimum atomic E-state index is -0.221. The maximum absolute atomic E-state index is 9.17. The van der Waals surface area contributed by atoms with Crippen LogP contribution in [0.1, 0.15) is 12.0 Å². The quantitative estimate of drug-likeness (QED) is 0.654. The number of rotatable bonds is 1. The highest BCUT2D eigenvalue weighted by Gasteiger charge is 2.61. The highest BCUT2D eigenvalue weighted by atomic mass is 14.9. The summed E-state index contributed by atoms with van der Waals surface area (Å²) >= 11 is 0. The molecule has 0 aromatic heterocycles. The van der Waals surface area contributed by atoms with Gasteiger partial charge in [0.1, 0.15) is 5.41 Å². The summed E-state index contributed by atoms with van der Waals surface area (Å²) < 4.78 is 0. The Labute approximate surface area is 82.9 Å². The zero-order valence-corrected chi connectivity index (χ0v) is 7.77. The van der Waals surface area contributed by atoms with Crippen LogP contribution in [-0.4, -0.2) is 12.3 Å². The second-order valence-corrected chi connectivity index (χ2v) is 4.04. The van der Waals surface area contributed by atoms with E-state index >= 15 is 0 Å². The van der Waals surface area contributed by atoms with Gasteiger partial charge >= 0.3 is 0 Å². The standard InChI is InChI=1S/C12H10N2/c13-8-12-6-10(12)7-14-11(12)9-4-2-1-3-5-9/h1-5,10H,6-7H2/t10-,12+/m1/s1. The maximum Gasteiger partial charge on any atom is 0.104 e. The summed E-state index contributed by atoms with van der Waals surface area (Å²) in [6.45, 7) is 0.845. The molecule has 2 heteroatoms. The molecular formula is C12H10N2. The first-order valence-electron chi connectivity index (χ1n) is 4.88. The van der Waals surface area contributed by atoms with Crippen molar-refractivity contribution in [1.29, 1.82) is 5.26 Å². The number of nitrogens with zero attached hydrogens (tertiary/aromatic N) is 2. The van der Waals surface area contributed by atoms with Crippen molar-refractivity contribution in [3.63, 3.8) is 0 Å². The molecule has 0 radical (unpaired) electrons. The molecule has 0 saturated heterocycles. The van der Waals surface area contributed by atoms with Crippen molar-refractivity contribution in [2.75, 3.05) is 6.54 Å². The van der Waals surface area contributed by atoms with Crippen LogP contribution < -0.4 is 0 Å². The van der Waals surface area contributed by atoms with Gasteiger partial charge in [-0.15, -0.1) is 0 Å². The Morgan fingerprint density at radius 2 is 2.14 bits per heavy atom. The molecule has 1 fully saturated rings. The fourth-order valence-corrected chi connectivity index (χ4v) is 2.32. The molecule has 1 aromatic carbocycles. The number of hydrogen-bond acceptors (Lipinski definition) is 2. The van der Waals surface area contributed by atoms with E-state index in [4.69, 9.17) is 5.26 Å². The molecule has 1 heterocycles. The Balaban J connectivity index is 2.06. The zero-order chi connectivity index (χ0) is 9.60. The molecule has 0 N–H and O–H groups in total. The normalized spacial score (nSPS) is 33.1. The molecule has 0 amide bonds. The van der Waals surface area contributed by atoms with Crippen LogP contribution >= 0.6 is 0 Å². The second-order valence-electron chi connectivity index (χ2n) is 4.04. The summed E-state index contributed by atoms with van der Waals surface area (Å²) in [5, 5.41) is 9.17. The largest absolute Gasteiger partial charge is 0.287 e. The van der Waals surface area contributed by atoms with Gasteiger partial charge in [0, 0.05) is 12.5 Å². The molecule has 1 aromatic rings. The summed E-state index contributed by atoms with van der Waals surface area (Å²) in [6, 6.07) is 12.5. The van der Waals surface area contributed by atoms with E-state index in [1.54, 1.807) is 0 Å². The van der Waals surface area contributed by atoms with Gasteiger partial charge in [-0.05, 0) is 12.0 Å². The lowest BCUT2D eigenvalue weighted by Gasteiger charge is -2.06. The van der Waals surface area contributed by atoms with E-state index in [2.05, 4.69) is 11.1 Å². The van der Waals surface area contributed by atoms with Crippen LogP contribution in [0.5, 0.6) is 0 Å². The predicted octanol–water partition coefficient (Wildman–Crippen LogP) is 2.02. The van der Waals surface area contributed by atoms with E-state index in [9.17, 15) is 0 Å². The molecule has 0 spiro atoms. The molecule has 2 aliphatic rings. The first-order valence-corrected chi connectivity index (χ1v) is 4.88. The van der Waals surface area contributed by atoms with Crippen molar-refractivity contribution in [2.45, 2.75) is 6.42 Å². The number of aliphatic imine (C=N–C) groups is 1. The lowest BCUT2D eigenvalue weighted by atomic mass is 9.95. The van der Waals surface area contributed by atoms with E-state index in [-0.39, 0.29) is 5.41 Å². The Kier molecular flexibility index (Phi) is 1.36. The van der Waals surface area contributed by atoms with Gasteiger partial charge in [-0.3, -0.25) is 4.99 Å². The molecule has 1 aliphatic carbocycles. The fourth-order valence-electron chi connectivity index (χ4n) is 2.32. The molecule has 14 heavy (non-hydrogen) atoms. The van der Waals surface area contributed by atoms with Gasteiger partial charge in [-0.2, -0.15) is 5.26 Å². The monoisotopic (exact) mass is 182 g/mol. The molecule has 0 unspecified atom stereocenters. The van der Waals surface area contributed by atoms with Crippen LogP contribution in [0.3, 0.4) is 0 Å². The van der Waals surface area contributed by atoms with Crippen LogP contribution in [-0.2, 0) is 0 Å². The first-order chi connectivity index (χ1) is 6.87. The van der Waals surface area contributed by atoms with Crippen LogP contribution in [0.25, 0.3) is 0 Å². The third kappa shape index (κ3) is 0.820. The van der Waals surface area contributed by atoms with Crippen LogP contribution in [0.4, 0.5) is 0 Å². The Morgan fingerprint density at radius 1 is 1.36 bits per heavy atom. The van der Waals surface area contributed by atoms with E-state index < -0.39 is 0 Å². The molecular weight excluding hydrogens is 172 g/mol. The number of fused-ring (bicyclic) bond motifs is 1. The second kappa shape index (κ2) is 2.45. The fraction of sp³-hybridized carbons (Fsp3) is 0.333. The number of benzene rings is 1. The maximum atomic E-state index is 9.17. The first kappa shape index (κ1) is 7.75. The number of hydrogen-bond donors (Lipinski definition) is 0. The zero-order valence-electron chi connectivity index (χ0n) is 7.77. The molecule has 3 rings (SSSR count). The average molecular weight is 182 g/mol. The molecule has 2 nitrogen and oxygen atoms in total.